The molecule has 2 rings (SSSR count). The number of nitrogens with two attached hydrogens (primary N) is 1. The third-order valence-corrected chi connectivity index (χ3v) is 2.82. The number of aliphatic imine (C=N–C) groups is 1. The topological polar surface area (TPSA) is 61.9 Å². The van der Waals surface area contributed by atoms with E-state index in [2.05, 4.69) is 4.99 Å². The first kappa shape index (κ1) is 11.1. The number of nitrogens with zero attached hydrogens (tertiary/aromatic N) is 3. The van der Waals surface area contributed by atoms with E-state index in [9.17, 15) is 9.18 Å². The molecule has 0 aromatic heterocycles. The lowest BCUT2D eigenvalue weighted by Crippen LogP contribution is -2.46. The van der Waals surface area contributed by atoms with Crippen LogP contribution in [-0.2, 0) is 4.79 Å². The van der Waals surface area contributed by atoms with Crippen LogP contribution in [0.4, 0.5) is 4.39 Å². The summed E-state index contributed by atoms with van der Waals surface area (Å²) < 4.78 is 13.9. The Bertz CT molecular complexity index is 347. The molecule has 2 aliphatic heterocycles. The van der Waals surface area contributed by atoms with E-state index in [1.165, 1.54) is 17.6 Å². The maximum Gasteiger partial charge on any atom is 0.254 e. The van der Waals surface area contributed by atoms with Gasteiger partial charge in [0.1, 0.15) is 12.2 Å². The van der Waals surface area contributed by atoms with E-state index in [-0.39, 0.29) is 12.2 Å². The van der Waals surface area contributed by atoms with Crippen LogP contribution in [-0.4, -0.2) is 41.9 Å². The summed E-state index contributed by atoms with van der Waals surface area (Å²) in [4.78, 5) is 14.9. The Morgan fingerprint density at radius 3 is 2.69 bits per heavy atom. The standard InChI is InChI=1S/C10H15FN4O/c11-9-8(10(12)16)6-13-7-15(9)14-4-2-1-3-5-14/h6H,1-5,7H2,(H2,12,16). The molecule has 2 N–H and O–H groups in total. The average molecular weight is 226 g/mol. The molecule has 0 aromatic rings. The van der Waals surface area contributed by atoms with Gasteiger partial charge in [-0.25, -0.2) is 5.01 Å². The Balaban J connectivity index is 2.16. The number of carbonyl (C=O) groups is 1. The smallest absolute Gasteiger partial charge is 0.254 e. The lowest BCUT2D eigenvalue weighted by atomic mass is 10.1. The van der Waals surface area contributed by atoms with Crippen LogP contribution in [0.1, 0.15) is 19.3 Å². The van der Waals surface area contributed by atoms with Gasteiger partial charge in [-0.2, -0.15) is 4.39 Å². The Kier molecular flexibility index (Phi) is 3.19. The predicted octanol–water partition coefficient (Wildman–Crippen LogP) is 0.398. The minimum absolute atomic E-state index is 0.142. The van der Waals surface area contributed by atoms with E-state index >= 15 is 0 Å². The second-order valence-electron chi connectivity index (χ2n) is 3.94. The number of hydrogen-bond acceptors (Lipinski definition) is 4. The molecule has 0 aliphatic carbocycles. The largest absolute Gasteiger partial charge is 0.365 e. The molecule has 6 heteroatoms. The van der Waals surface area contributed by atoms with Crippen molar-refractivity contribution in [3.05, 3.63) is 11.5 Å². The predicted molar refractivity (Wildman–Crippen MR) is 58.0 cm³/mol. The number of hydrogen-bond donors (Lipinski definition) is 1. The number of primary amides is 1. The summed E-state index contributed by atoms with van der Waals surface area (Å²) >= 11 is 0. The molecule has 0 bridgehead atoms. The summed E-state index contributed by atoms with van der Waals surface area (Å²) in [7, 11) is 0. The highest BCUT2D eigenvalue weighted by molar-refractivity contribution is 6.12. The number of amides is 1. The molecule has 0 saturated carbocycles. The van der Waals surface area contributed by atoms with Gasteiger partial charge in [-0.15, -0.1) is 0 Å². The summed E-state index contributed by atoms with van der Waals surface area (Å²) in [5.41, 5.74) is 4.93. The molecule has 0 radical (unpaired) electrons. The summed E-state index contributed by atoms with van der Waals surface area (Å²) in [6, 6.07) is 0. The molecule has 16 heavy (non-hydrogen) atoms. The first-order chi connectivity index (χ1) is 7.70. The zero-order valence-electron chi connectivity index (χ0n) is 9.03. The van der Waals surface area contributed by atoms with Gasteiger partial charge in [0.15, 0.2) is 0 Å². The van der Waals surface area contributed by atoms with E-state index in [1.54, 1.807) is 0 Å². The van der Waals surface area contributed by atoms with Crippen molar-refractivity contribution in [2.45, 2.75) is 19.3 Å². The van der Waals surface area contributed by atoms with Crippen LogP contribution in [0.3, 0.4) is 0 Å². The normalized spacial score (nSPS) is 22.7. The fourth-order valence-electron chi connectivity index (χ4n) is 1.96. The van der Waals surface area contributed by atoms with Crippen molar-refractivity contribution in [3.8, 4) is 0 Å². The van der Waals surface area contributed by atoms with Gasteiger partial charge < -0.3 is 5.73 Å². The summed E-state index contributed by atoms with van der Waals surface area (Å²) in [5, 5.41) is 3.29. The molecule has 0 aromatic carbocycles. The minimum atomic E-state index is -0.775. The first-order valence-corrected chi connectivity index (χ1v) is 5.42. The average Bonchev–Trinajstić information content (AvgIpc) is 2.30. The fraction of sp³-hybridized carbons (Fsp3) is 0.600. The highest BCUT2D eigenvalue weighted by atomic mass is 19.1. The van der Waals surface area contributed by atoms with Crippen LogP contribution in [0.15, 0.2) is 16.5 Å². The maximum atomic E-state index is 13.9. The van der Waals surface area contributed by atoms with Crippen molar-refractivity contribution in [2.75, 3.05) is 19.8 Å². The zero-order chi connectivity index (χ0) is 11.5. The minimum Gasteiger partial charge on any atom is -0.365 e. The molecule has 2 heterocycles. The molecule has 2 aliphatic rings. The summed E-state index contributed by atoms with van der Waals surface area (Å²) in [6.07, 6.45) is 4.46. The Hall–Kier alpha value is -1.43. The summed E-state index contributed by atoms with van der Waals surface area (Å²) in [6.45, 7) is 1.83. The van der Waals surface area contributed by atoms with Gasteiger partial charge in [0.05, 0.1) is 0 Å². The molecule has 0 spiro atoms. The van der Waals surface area contributed by atoms with Crippen molar-refractivity contribution in [3.63, 3.8) is 0 Å². The van der Waals surface area contributed by atoms with E-state index < -0.39 is 11.9 Å². The highest BCUT2D eigenvalue weighted by Crippen LogP contribution is 2.21. The molecule has 88 valence electrons. The van der Waals surface area contributed by atoms with Crippen molar-refractivity contribution in [1.82, 2.24) is 10.0 Å². The summed E-state index contributed by atoms with van der Waals surface area (Å²) in [5.74, 6) is -1.35. The van der Waals surface area contributed by atoms with Crippen LogP contribution >= 0.6 is 0 Å². The number of rotatable bonds is 2. The first-order valence-electron chi connectivity index (χ1n) is 5.42. The molecular formula is C10H15FN4O. The van der Waals surface area contributed by atoms with Crippen LogP contribution in [0.2, 0.25) is 0 Å². The van der Waals surface area contributed by atoms with Crippen LogP contribution in [0.25, 0.3) is 0 Å². The van der Waals surface area contributed by atoms with E-state index in [0.29, 0.717) is 0 Å². The monoisotopic (exact) mass is 226 g/mol. The van der Waals surface area contributed by atoms with Crippen molar-refractivity contribution >= 4 is 12.1 Å². The molecule has 0 unspecified atom stereocenters. The SMILES string of the molecule is NC(=O)C1=C(F)N(N2CCCCC2)CN=C1. The maximum absolute atomic E-state index is 13.9. The Morgan fingerprint density at radius 1 is 1.38 bits per heavy atom. The quantitative estimate of drug-likeness (QED) is 0.693. The number of carbonyl (C=O) groups excluding carboxylic acids is 1. The van der Waals surface area contributed by atoms with Gasteiger partial charge in [-0.1, -0.05) is 6.42 Å². The molecule has 1 fully saturated rings. The Labute approximate surface area is 93.4 Å². The van der Waals surface area contributed by atoms with Crippen LogP contribution < -0.4 is 5.73 Å². The van der Waals surface area contributed by atoms with Gasteiger partial charge in [-0.05, 0) is 12.8 Å². The van der Waals surface area contributed by atoms with E-state index in [1.807, 2.05) is 5.01 Å². The number of hydrazine groups is 1. The van der Waals surface area contributed by atoms with Gasteiger partial charge in [-0.3, -0.25) is 14.8 Å². The van der Waals surface area contributed by atoms with Gasteiger partial charge >= 0.3 is 0 Å². The molecule has 1 saturated heterocycles. The second kappa shape index (κ2) is 4.61. The van der Waals surface area contributed by atoms with Gasteiger partial charge in [0.25, 0.3) is 5.91 Å². The van der Waals surface area contributed by atoms with Gasteiger partial charge in [0.2, 0.25) is 5.95 Å². The molecular weight excluding hydrogens is 211 g/mol. The highest BCUT2D eigenvalue weighted by Gasteiger charge is 2.26. The van der Waals surface area contributed by atoms with Crippen molar-refractivity contribution < 1.29 is 9.18 Å². The van der Waals surface area contributed by atoms with Gasteiger partial charge in [0, 0.05) is 19.3 Å². The lowest BCUT2D eigenvalue weighted by Gasteiger charge is -2.37. The molecule has 5 nitrogen and oxygen atoms in total. The van der Waals surface area contributed by atoms with Crippen molar-refractivity contribution in [2.24, 2.45) is 10.7 Å². The zero-order valence-corrected chi connectivity index (χ0v) is 9.03. The van der Waals surface area contributed by atoms with E-state index in [4.69, 9.17) is 5.73 Å². The Morgan fingerprint density at radius 2 is 2.06 bits per heavy atom. The number of piperidine rings is 1. The fourth-order valence-corrected chi connectivity index (χ4v) is 1.96. The third-order valence-electron chi connectivity index (χ3n) is 2.82. The van der Waals surface area contributed by atoms with Crippen LogP contribution in [0.5, 0.6) is 0 Å². The molecule has 1 amide bonds. The number of halogens is 1. The lowest BCUT2D eigenvalue weighted by molar-refractivity contribution is -0.114. The van der Waals surface area contributed by atoms with Crippen molar-refractivity contribution in [1.29, 1.82) is 0 Å². The third kappa shape index (κ3) is 2.06. The van der Waals surface area contributed by atoms with E-state index in [0.717, 1.165) is 25.9 Å². The van der Waals surface area contributed by atoms with Crippen LogP contribution in [0, 0.1) is 0 Å². The second-order valence-corrected chi connectivity index (χ2v) is 3.94. The molecule has 0 atom stereocenters.